The third-order valence-electron chi connectivity index (χ3n) is 4.75. The van der Waals surface area contributed by atoms with Gasteiger partial charge in [-0.25, -0.2) is 4.21 Å². The van der Waals surface area contributed by atoms with Gasteiger partial charge in [-0.1, -0.05) is 30.3 Å². The summed E-state index contributed by atoms with van der Waals surface area (Å²) in [5, 5.41) is 0. The minimum Gasteiger partial charge on any atom is -0.496 e. The number of nitrogens with one attached hydrogen (secondary N) is 1. The van der Waals surface area contributed by atoms with Gasteiger partial charge in [0.2, 0.25) is 5.91 Å². The van der Waals surface area contributed by atoms with Crippen LogP contribution < -0.4 is 9.46 Å². The van der Waals surface area contributed by atoms with Gasteiger partial charge >= 0.3 is 0 Å². The van der Waals surface area contributed by atoms with Crippen molar-refractivity contribution >= 4 is 28.8 Å². The summed E-state index contributed by atoms with van der Waals surface area (Å²) in [6, 6.07) is 14.2. The van der Waals surface area contributed by atoms with Crippen molar-refractivity contribution in [1.82, 2.24) is 9.80 Å². The van der Waals surface area contributed by atoms with Crippen LogP contribution >= 0.6 is 0 Å². The second-order valence-corrected chi connectivity index (χ2v) is 7.30. The first-order valence-corrected chi connectivity index (χ1v) is 10.2. The van der Waals surface area contributed by atoms with Gasteiger partial charge in [-0.3, -0.25) is 18.9 Å². The van der Waals surface area contributed by atoms with Crippen molar-refractivity contribution in [3.05, 3.63) is 59.7 Å². The van der Waals surface area contributed by atoms with Crippen LogP contribution in [0.2, 0.25) is 0 Å². The molecular formula is C20H23N3O5S. The number of piperazine rings is 1. The molecule has 0 aliphatic carbocycles. The van der Waals surface area contributed by atoms with Crippen molar-refractivity contribution in [2.75, 3.05) is 38.0 Å². The standard InChI is InChI=1S/C20H23N3O5S/c1-28-18-14-16(21-29(26)27)7-8-17(18)20(25)23-11-9-22(10-12-23)19(24)13-15-5-3-2-4-6-15/h2-8,14,21H,9-13H2,1H3,(H,26,27). The first-order chi connectivity index (χ1) is 14.0. The third-order valence-corrected chi connectivity index (χ3v) is 5.17. The zero-order chi connectivity index (χ0) is 20.8. The van der Waals surface area contributed by atoms with E-state index in [0.29, 0.717) is 49.6 Å². The van der Waals surface area contributed by atoms with E-state index >= 15 is 0 Å². The Bertz CT molecular complexity index is 898. The highest BCUT2D eigenvalue weighted by Gasteiger charge is 2.26. The first-order valence-electron chi connectivity index (χ1n) is 9.14. The molecule has 3 rings (SSSR count). The van der Waals surface area contributed by atoms with Gasteiger partial charge in [0.15, 0.2) is 0 Å². The number of carbonyl (C=O) groups excluding carboxylic acids is 2. The van der Waals surface area contributed by atoms with Crippen LogP contribution in [0.25, 0.3) is 0 Å². The molecule has 2 aromatic carbocycles. The lowest BCUT2D eigenvalue weighted by Gasteiger charge is -2.35. The predicted molar refractivity (Wildman–Crippen MR) is 110 cm³/mol. The molecular weight excluding hydrogens is 394 g/mol. The van der Waals surface area contributed by atoms with Crippen molar-refractivity contribution in [2.45, 2.75) is 6.42 Å². The van der Waals surface area contributed by atoms with Gasteiger partial charge in [0.1, 0.15) is 5.75 Å². The molecule has 2 N–H and O–H groups in total. The zero-order valence-electron chi connectivity index (χ0n) is 16.0. The summed E-state index contributed by atoms with van der Waals surface area (Å²) in [6.07, 6.45) is 0.350. The molecule has 1 heterocycles. The lowest BCUT2D eigenvalue weighted by atomic mass is 10.1. The molecule has 1 fully saturated rings. The number of rotatable bonds is 6. The highest BCUT2D eigenvalue weighted by Crippen LogP contribution is 2.25. The maximum absolute atomic E-state index is 12.9. The summed E-state index contributed by atoms with van der Waals surface area (Å²) < 4.78 is 27.4. The average Bonchev–Trinajstić information content (AvgIpc) is 2.73. The fraction of sp³-hybridized carbons (Fsp3) is 0.300. The number of amides is 2. The van der Waals surface area contributed by atoms with E-state index in [1.807, 2.05) is 30.3 Å². The molecule has 1 saturated heterocycles. The van der Waals surface area contributed by atoms with Gasteiger partial charge in [0, 0.05) is 32.2 Å². The minimum absolute atomic E-state index is 0.0494. The molecule has 2 amide bonds. The molecule has 1 atom stereocenters. The van der Waals surface area contributed by atoms with Gasteiger partial charge in [-0.2, -0.15) is 0 Å². The highest BCUT2D eigenvalue weighted by atomic mass is 32.2. The maximum Gasteiger partial charge on any atom is 0.259 e. The molecule has 0 saturated carbocycles. The van der Waals surface area contributed by atoms with E-state index in [4.69, 9.17) is 9.29 Å². The summed E-state index contributed by atoms with van der Waals surface area (Å²) in [6.45, 7) is 1.82. The lowest BCUT2D eigenvalue weighted by Crippen LogP contribution is -2.51. The fourth-order valence-electron chi connectivity index (χ4n) is 3.24. The molecule has 0 bridgehead atoms. The minimum atomic E-state index is -2.21. The Balaban J connectivity index is 1.61. The molecule has 1 unspecified atom stereocenters. The van der Waals surface area contributed by atoms with E-state index in [-0.39, 0.29) is 11.8 Å². The van der Waals surface area contributed by atoms with Gasteiger partial charge in [-0.05, 0) is 17.7 Å². The Morgan fingerprint density at radius 3 is 2.34 bits per heavy atom. The summed E-state index contributed by atoms with van der Waals surface area (Å²) >= 11 is -2.21. The fourth-order valence-corrected chi connectivity index (χ4v) is 3.57. The second-order valence-electron chi connectivity index (χ2n) is 6.60. The van der Waals surface area contributed by atoms with Crippen molar-refractivity contribution in [1.29, 1.82) is 0 Å². The van der Waals surface area contributed by atoms with Gasteiger partial charge in [0.25, 0.3) is 17.2 Å². The Hall–Kier alpha value is -2.91. The molecule has 0 spiro atoms. The molecule has 154 valence electrons. The molecule has 2 aromatic rings. The smallest absolute Gasteiger partial charge is 0.259 e. The van der Waals surface area contributed by atoms with E-state index < -0.39 is 11.3 Å². The lowest BCUT2D eigenvalue weighted by molar-refractivity contribution is -0.131. The Morgan fingerprint density at radius 2 is 1.72 bits per heavy atom. The number of methoxy groups -OCH3 is 1. The topological polar surface area (TPSA) is 99.2 Å². The van der Waals surface area contributed by atoms with Crippen molar-refractivity contribution < 1.29 is 23.1 Å². The van der Waals surface area contributed by atoms with Crippen LogP contribution in [-0.2, 0) is 22.5 Å². The number of carbonyl (C=O) groups is 2. The Kier molecular flexibility index (Phi) is 6.84. The summed E-state index contributed by atoms with van der Waals surface area (Å²) in [4.78, 5) is 28.8. The van der Waals surface area contributed by atoms with Crippen LogP contribution in [-0.4, -0.2) is 63.7 Å². The normalized spacial score (nSPS) is 15.0. The molecule has 0 aromatic heterocycles. The van der Waals surface area contributed by atoms with Gasteiger partial charge < -0.3 is 14.5 Å². The van der Waals surface area contributed by atoms with Crippen LogP contribution in [0.5, 0.6) is 5.75 Å². The number of benzene rings is 2. The number of nitrogens with zero attached hydrogens (tertiary/aromatic N) is 2. The Labute approximate surface area is 171 Å². The molecule has 29 heavy (non-hydrogen) atoms. The highest BCUT2D eigenvalue weighted by molar-refractivity contribution is 7.80. The van der Waals surface area contributed by atoms with Gasteiger partial charge in [-0.15, -0.1) is 0 Å². The van der Waals surface area contributed by atoms with E-state index in [0.717, 1.165) is 5.56 Å². The Morgan fingerprint density at radius 1 is 1.07 bits per heavy atom. The van der Waals surface area contributed by atoms with Crippen molar-refractivity contribution in [3.63, 3.8) is 0 Å². The van der Waals surface area contributed by atoms with Crippen LogP contribution in [0.4, 0.5) is 5.69 Å². The van der Waals surface area contributed by atoms with Gasteiger partial charge in [0.05, 0.1) is 24.8 Å². The average molecular weight is 417 g/mol. The van der Waals surface area contributed by atoms with E-state index in [2.05, 4.69) is 4.72 Å². The SMILES string of the molecule is COc1cc(NS(=O)O)ccc1C(=O)N1CCN(C(=O)Cc2ccccc2)CC1. The molecule has 9 heteroatoms. The van der Waals surface area contributed by atoms with Crippen LogP contribution in [0, 0.1) is 0 Å². The molecule has 0 radical (unpaired) electrons. The third kappa shape index (κ3) is 5.33. The summed E-state index contributed by atoms with van der Waals surface area (Å²) in [7, 11) is 1.44. The van der Waals surface area contributed by atoms with Crippen molar-refractivity contribution in [3.8, 4) is 5.75 Å². The van der Waals surface area contributed by atoms with E-state index in [9.17, 15) is 13.8 Å². The summed E-state index contributed by atoms with van der Waals surface area (Å²) in [5.41, 5.74) is 1.71. The van der Waals surface area contributed by atoms with Crippen LogP contribution in [0.3, 0.4) is 0 Å². The number of ether oxygens (including phenoxy) is 1. The largest absolute Gasteiger partial charge is 0.496 e. The maximum atomic E-state index is 12.9. The van der Waals surface area contributed by atoms with Crippen LogP contribution in [0.15, 0.2) is 48.5 Å². The monoisotopic (exact) mass is 417 g/mol. The molecule has 8 nitrogen and oxygen atoms in total. The van der Waals surface area contributed by atoms with Crippen molar-refractivity contribution in [2.24, 2.45) is 0 Å². The predicted octanol–water partition coefficient (Wildman–Crippen LogP) is 1.77. The quantitative estimate of drug-likeness (QED) is 0.698. The number of hydrogen-bond donors (Lipinski definition) is 2. The molecule has 1 aliphatic rings. The van der Waals surface area contributed by atoms with E-state index in [1.165, 1.54) is 13.2 Å². The van der Waals surface area contributed by atoms with Crippen LogP contribution in [0.1, 0.15) is 15.9 Å². The number of hydrogen-bond acceptors (Lipinski definition) is 4. The first kappa shape index (κ1) is 20.8. The number of anilines is 1. The zero-order valence-corrected chi connectivity index (χ0v) is 16.9. The van der Waals surface area contributed by atoms with E-state index in [1.54, 1.807) is 21.9 Å². The summed E-state index contributed by atoms with van der Waals surface area (Å²) in [5.74, 6) is 0.162. The second kappa shape index (κ2) is 9.53. The molecule has 1 aliphatic heterocycles.